The van der Waals surface area contributed by atoms with Crippen LogP contribution in [0.3, 0.4) is 0 Å². The Hall–Kier alpha value is -0.650. The second kappa shape index (κ2) is 4.08. The van der Waals surface area contributed by atoms with Gasteiger partial charge in [-0.05, 0) is 31.6 Å². The quantitative estimate of drug-likeness (QED) is 0.664. The van der Waals surface area contributed by atoms with E-state index in [0.717, 1.165) is 0 Å². The topological polar surface area (TPSA) is 9.23 Å². The van der Waals surface area contributed by atoms with Gasteiger partial charge in [0.05, 0.1) is 6.61 Å². The highest BCUT2D eigenvalue weighted by Crippen LogP contribution is 2.26. The normalized spacial score (nSPS) is 33.4. The van der Waals surface area contributed by atoms with E-state index in [1.54, 1.807) is 0 Å². The van der Waals surface area contributed by atoms with Crippen LogP contribution in [0.25, 0.3) is 0 Å². The second-order valence-electron chi connectivity index (χ2n) is 4.37. The molecule has 0 aromatic heterocycles. The highest BCUT2D eigenvalue weighted by Gasteiger charge is 2.22. The first kappa shape index (κ1) is 10.9. The summed E-state index contributed by atoms with van der Waals surface area (Å²) < 4.78 is 5.90. The summed E-state index contributed by atoms with van der Waals surface area (Å²) in [6.07, 6.45) is 12.9. The van der Waals surface area contributed by atoms with E-state index < -0.39 is 0 Å². The lowest BCUT2D eigenvalue weighted by molar-refractivity contribution is 0.0606. The van der Waals surface area contributed by atoms with E-state index in [1.807, 2.05) is 0 Å². The van der Waals surface area contributed by atoms with Crippen LogP contribution < -0.4 is 0 Å². The van der Waals surface area contributed by atoms with E-state index in [-0.39, 0.29) is 5.60 Å². The SMILES string of the molecule is CC1=CC(C)(OCC2=CC(P)C=C2)C=C1. The molecule has 0 radical (unpaired) electrons. The third-order valence-corrected chi connectivity index (χ3v) is 3.09. The summed E-state index contributed by atoms with van der Waals surface area (Å²) in [5.74, 6) is 0. The molecule has 0 bridgehead atoms. The highest BCUT2D eigenvalue weighted by atomic mass is 31.0. The highest BCUT2D eigenvalue weighted by molar-refractivity contribution is 7.18. The fourth-order valence-electron chi connectivity index (χ4n) is 1.86. The lowest BCUT2D eigenvalue weighted by Crippen LogP contribution is -2.22. The lowest BCUT2D eigenvalue weighted by Gasteiger charge is -2.20. The molecule has 0 saturated carbocycles. The van der Waals surface area contributed by atoms with E-state index in [4.69, 9.17) is 4.74 Å². The number of allylic oxidation sites excluding steroid dienone is 4. The van der Waals surface area contributed by atoms with Crippen LogP contribution in [-0.4, -0.2) is 17.9 Å². The average molecular weight is 220 g/mol. The molecule has 2 rings (SSSR count). The van der Waals surface area contributed by atoms with Crippen molar-refractivity contribution in [2.24, 2.45) is 0 Å². The number of hydrogen-bond acceptors (Lipinski definition) is 1. The van der Waals surface area contributed by atoms with Crippen molar-refractivity contribution in [3.8, 4) is 0 Å². The summed E-state index contributed by atoms with van der Waals surface area (Å²) in [7, 11) is 2.77. The molecule has 0 fully saturated rings. The van der Waals surface area contributed by atoms with Crippen LogP contribution in [-0.2, 0) is 4.74 Å². The molecule has 3 atom stereocenters. The van der Waals surface area contributed by atoms with Gasteiger partial charge in [0.25, 0.3) is 0 Å². The molecular formula is C13H17OP. The van der Waals surface area contributed by atoms with Crippen LogP contribution in [0.1, 0.15) is 13.8 Å². The summed E-state index contributed by atoms with van der Waals surface area (Å²) in [6, 6.07) is 0. The second-order valence-corrected chi connectivity index (χ2v) is 5.14. The largest absolute Gasteiger partial charge is 0.362 e. The fraction of sp³-hybridized carbons (Fsp3) is 0.385. The zero-order chi connectivity index (χ0) is 10.9. The molecule has 3 unspecified atom stereocenters. The van der Waals surface area contributed by atoms with Crippen molar-refractivity contribution in [1.82, 2.24) is 0 Å². The van der Waals surface area contributed by atoms with Gasteiger partial charge >= 0.3 is 0 Å². The van der Waals surface area contributed by atoms with Crippen molar-refractivity contribution in [1.29, 1.82) is 0 Å². The van der Waals surface area contributed by atoms with Gasteiger partial charge in [-0.15, -0.1) is 9.24 Å². The predicted molar refractivity (Wildman–Crippen MR) is 68.0 cm³/mol. The maximum atomic E-state index is 5.90. The Labute approximate surface area is 93.8 Å². The van der Waals surface area contributed by atoms with E-state index in [2.05, 4.69) is 59.5 Å². The van der Waals surface area contributed by atoms with Crippen molar-refractivity contribution in [2.75, 3.05) is 6.61 Å². The lowest BCUT2D eigenvalue weighted by atomic mass is 10.1. The van der Waals surface area contributed by atoms with Gasteiger partial charge in [0.2, 0.25) is 0 Å². The molecule has 0 saturated heterocycles. The van der Waals surface area contributed by atoms with E-state index in [9.17, 15) is 0 Å². The van der Waals surface area contributed by atoms with Crippen molar-refractivity contribution in [3.63, 3.8) is 0 Å². The van der Waals surface area contributed by atoms with Crippen LogP contribution in [0.5, 0.6) is 0 Å². The summed E-state index contributed by atoms with van der Waals surface area (Å²) in [5.41, 5.74) is 2.81. The van der Waals surface area contributed by atoms with Gasteiger partial charge in [-0.3, -0.25) is 0 Å². The Morgan fingerprint density at radius 3 is 2.80 bits per heavy atom. The van der Waals surface area contributed by atoms with Gasteiger partial charge < -0.3 is 4.74 Å². The standard InChI is InChI=1S/C13H17OP/c1-10-5-6-13(2,8-10)14-9-11-3-4-12(15)7-11/h3-8,12H,9,15H2,1-2H3. The van der Waals surface area contributed by atoms with Gasteiger partial charge in [-0.1, -0.05) is 29.9 Å². The van der Waals surface area contributed by atoms with E-state index in [1.165, 1.54) is 11.1 Å². The van der Waals surface area contributed by atoms with Crippen molar-refractivity contribution in [2.45, 2.75) is 25.1 Å². The molecule has 0 N–H and O–H groups in total. The molecule has 2 aliphatic rings. The maximum Gasteiger partial charge on any atom is 0.103 e. The Morgan fingerprint density at radius 1 is 1.47 bits per heavy atom. The molecule has 1 nitrogen and oxygen atoms in total. The minimum absolute atomic E-state index is 0.211. The summed E-state index contributed by atoms with van der Waals surface area (Å²) in [4.78, 5) is 0. The van der Waals surface area contributed by atoms with Crippen LogP contribution >= 0.6 is 9.24 Å². The summed E-state index contributed by atoms with van der Waals surface area (Å²) in [6.45, 7) is 4.88. The smallest absolute Gasteiger partial charge is 0.103 e. The third-order valence-electron chi connectivity index (χ3n) is 2.68. The number of ether oxygens (including phenoxy) is 1. The van der Waals surface area contributed by atoms with Crippen LogP contribution in [0.4, 0.5) is 0 Å². The Balaban J connectivity index is 1.92. The van der Waals surface area contributed by atoms with Crippen LogP contribution in [0.15, 0.2) is 47.6 Å². The molecule has 0 aromatic carbocycles. The van der Waals surface area contributed by atoms with Gasteiger partial charge in [-0.2, -0.15) is 0 Å². The third kappa shape index (κ3) is 2.68. The summed E-state index contributed by atoms with van der Waals surface area (Å²) in [5, 5.41) is 0. The molecule has 0 aromatic rings. The van der Waals surface area contributed by atoms with Gasteiger partial charge in [0.15, 0.2) is 0 Å². The maximum absolute atomic E-state index is 5.90. The zero-order valence-electron chi connectivity index (χ0n) is 9.23. The van der Waals surface area contributed by atoms with Gasteiger partial charge in [-0.25, -0.2) is 0 Å². The molecule has 2 aliphatic carbocycles. The molecule has 15 heavy (non-hydrogen) atoms. The first-order valence-corrected chi connectivity index (χ1v) is 5.91. The first-order chi connectivity index (χ1) is 7.07. The number of hydrogen-bond donors (Lipinski definition) is 0. The summed E-state index contributed by atoms with van der Waals surface area (Å²) >= 11 is 0. The molecule has 0 aliphatic heterocycles. The molecule has 0 heterocycles. The van der Waals surface area contributed by atoms with Gasteiger partial charge in [0, 0.05) is 5.66 Å². The monoisotopic (exact) mass is 220 g/mol. The van der Waals surface area contributed by atoms with E-state index >= 15 is 0 Å². The zero-order valence-corrected chi connectivity index (χ0v) is 10.4. The minimum atomic E-state index is -0.211. The van der Waals surface area contributed by atoms with Crippen molar-refractivity contribution in [3.05, 3.63) is 47.6 Å². The Kier molecular flexibility index (Phi) is 2.95. The van der Waals surface area contributed by atoms with Crippen molar-refractivity contribution < 1.29 is 4.74 Å². The Morgan fingerprint density at radius 2 is 2.27 bits per heavy atom. The average Bonchev–Trinajstić information content (AvgIpc) is 2.71. The van der Waals surface area contributed by atoms with Gasteiger partial charge in [0.1, 0.15) is 5.60 Å². The van der Waals surface area contributed by atoms with Crippen LogP contribution in [0, 0.1) is 0 Å². The van der Waals surface area contributed by atoms with E-state index in [0.29, 0.717) is 12.3 Å². The molecule has 2 heteroatoms. The molecule has 80 valence electrons. The fourth-order valence-corrected chi connectivity index (χ4v) is 2.22. The molecular weight excluding hydrogens is 203 g/mol. The minimum Gasteiger partial charge on any atom is -0.362 e. The molecule has 0 spiro atoms. The molecule has 0 amide bonds. The van der Waals surface area contributed by atoms with Crippen LogP contribution in [0.2, 0.25) is 0 Å². The Bertz CT molecular complexity index is 376. The predicted octanol–water partition coefficient (Wildman–Crippen LogP) is 3.02. The van der Waals surface area contributed by atoms with Crippen molar-refractivity contribution >= 4 is 9.24 Å². The number of rotatable bonds is 3. The first-order valence-electron chi connectivity index (χ1n) is 5.25.